The lowest BCUT2D eigenvalue weighted by molar-refractivity contribution is -0.145. The van der Waals surface area contributed by atoms with Crippen molar-refractivity contribution in [1.29, 1.82) is 0 Å². The van der Waals surface area contributed by atoms with E-state index in [-0.39, 0.29) is 55.8 Å². The Bertz CT molecular complexity index is 2300. The van der Waals surface area contributed by atoms with Crippen LogP contribution in [0.3, 0.4) is 0 Å². The van der Waals surface area contributed by atoms with Crippen molar-refractivity contribution >= 4 is 52.9 Å². The number of benzene rings is 4. The van der Waals surface area contributed by atoms with Gasteiger partial charge in [-0.2, -0.15) is 0 Å². The van der Waals surface area contributed by atoms with Crippen molar-refractivity contribution in [2.45, 2.75) is 38.5 Å². The number of carbonyl (C=O) groups excluding carboxylic acids is 6. The zero-order valence-corrected chi connectivity index (χ0v) is 34.8. The predicted octanol–water partition coefficient (Wildman–Crippen LogP) is 6.91. The molecular weight excluding hydrogens is 783 g/mol. The molecule has 0 aromatic heterocycles. The van der Waals surface area contributed by atoms with Crippen LogP contribution >= 0.6 is 0 Å². The van der Waals surface area contributed by atoms with Crippen LogP contribution in [0.25, 0.3) is 11.1 Å². The molecule has 0 atom stereocenters. The minimum absolute atomic E-state index is 0.000189. The topological polar surface area (TPSA) is 161 Å². The standard InChI is InChI=1S/C48H47NO12/c1-29(45(53)56-6)26-59-42(50)22-32-9-14-35(15-10-32)49(36-16-11-33(12-17-36)23-43(51)60-27-30(2)46(54)57-7)37-18-20-39-38-19-13-34(21-40(38)48(4,5)41(39)25-37)24-44(52)61-28-31(3)47(55)58-8/h9-21,25H,1-3,22-24,26-28H2,4-8H3. The molecule has 61 heavy (non-hydrogen) atoms. The molecule has 0 heterocycles. The molecule has 0 amide bonds. The van der Waals surface area contributed by atoms with Gasteiger partial charge in [-0.1, -0.05) is 82.1 Å². The first-order valence-corrected chi connectivity index (χ1v) is 19.1. The van der Waals surface area contributed by atoms with Gasteiger partial charge in [0.1, 0.15) is 19.8 Å². The van der Waals surface area contributed by atoms with Crippen LogP contribution in [0.4, 0.5) is 17.1 Å². The van der Waals surface area contributed by atoms with E-state index in [0.717, 1.165) is 44.9 Å². The summed E-state index contributed by atoms with van der Waals surface area (Å²) in [5, 5.41) is 0. The number of hydrogen-bond donors (Lipinski definition) is 0. The Hall–Kier alpha value is -7.28. The van der Waals surface area contributed by atoms with Crippen molar-refractivity contribution in [3.63, 3.8) is 0 Å². The van der Waals surface area contributed by atoms with Crippen molar-refractivity contribution in [3.8, 4) is 11.1 Å². The number of methoxy groups -OCH3 is 3. The summed E-state index contributed by atoms with van der Waals surface area (Å²) >= 11 is 0. The minimum Gasteiger partial charge on any atom is -0.466 e. The maximum atomic E-state index is 12.7. The third kappa shape index (κ3) is 10.9. The molecule has 13 nitrogen and oxygen atoms in total. The van der Waals surface area contributed by atoms with Gasteiger partial charge >= 0.3 is 35.8 Å². The molecule has 0 radical (unpaired) electrons. The highest BCUT2D eigenvalue weighted by Gasteiger charge is 2.36. The predicted molar refractivity (Wildman–Crippen MR) is 226 cm³/mol. The van der Waals surface area contributed by atoms with Crippen LogP contribution in [0.5, 0.6) is 0 Å². The van der Waals surface area contributed by atoms with Crippen molar-refractivity contribution in [1.82, 2.24) is 0 Å². The van der Waals surface area contributed by atoms with E-state index in [1.54, 1.807) is 0 Å². The summed E-state index contributed by atoms with van der Waals surface area (Å²) in [4.78, 5) is 74.9. The molecule has 0 unspecified atom stereocenters. The number of esters is 6. The fourth-order valence-electron chi connectivity index (χ4n) is 6.76. The molecule has 4 aromatic carbocycles. The maximum absolute atomic E-state index is 12.7. The monoisotopic (exact) mass is 829 g/mol. The first-order chi connectivity index (χ1) is 29.1. The Morgan fingerprint density at radius 3 is 1.20 bits per heavy atom. The van der Waals surface area contributed by atoms with Gasteiger partial charge < -0.3 is 33.3 Å². The lowest BCUT2D eigenvalue weighted by Gasteiger charge is -2.28. The maximum Gasteiger partial charge on any atom is 0.336 e. The summed E-state index contributed by atoms with van der Waals surface area (Å²) in [6.45, 7) is 14.2. The van der Waals surface area contributed by atoms with E-state index in [4.69, 9.17) is 14.2 Å². The molecule has 5 rings (SSSR count). The van der Waals surface area contributed by atoms with Gasteiger partial charge in [0, 0.05) is 22.5 Å². The summed E-state index contributed by atoms with van der Waals surface area (Å²) in [5.74, 6) is -3.54. The highest BCUT2D eigenvalue weighted by atomic mass is 16.6. The molecule has 1 aliphatic carbocycles. The summed E-state index contributed by atoms with van der Waals surface area (Å²) in [6.07, 6.45) is -0.0826. The summed E-state index contributed by atoms with van der Waals surface area (Å²) in [7, 11) is 3.67. The lowest BCUT2D eigenvalue weighted by atomic mass is 9.81. The average Bonchev–Trinajstić information content (AvgIpc) is 3.48. The Morgan fingerprint density at radius 2 is 0.803 bits per heavy atom. The van der Waals surface area contributed by atoms with Crippen molar-refractivity contribution < 1.29 is 57.2 Å². The van der Waals surface area contributed by atoms with E-state index < -0.39 is 41.2 Å². The van der Waals surface area contributed by atoms with Crippen molar-refractivity contribution in [3.05, 3.63) is 149 Å². The highest BCUT2D eigenvalue weighted by molar-refractivity contribution is 5.90. The highest BCUT2D eigenvalue weighted by Crippen LogP contribution is 2.51. The Kier molecular flexibility index (Phi) is 14.4. The summed E-state index contributed by atoms with van der Waals surface area (Å²) in [5.41, 5.74) is 8.27. The Labute approximate surface area is 354 Å². The zero-order valence-electron chi connectivity index (χ0n) is 34.8. The van der Waals surface area contributed by atoms with Gasteiger partial charge in [-0.15, -0.1) is 0 Å². The second-order valence-electron chi connectivity index (χ2n) is 14.7. The van der Waals surface area contributed by atoms with E-state index in [9.17, 15) is 28.8 Å². The average molecular weight is 830 g/mol. The minimum atomic E-state index is -0.657. The molecule has 1 aliphatic rings. The zero-order chi connectivity index (χ0) is 44.4. The first-order valence-electron chi connectivity index (χ1n) is 19.1. The quantitative estimate of drug-likeness (QED) is 0.0579. The second kappa shape index (κ2) is 19.6. The molecule has 0 N–H and O–H groups in total. The van der Waals surface area contributed by atoms with E-state index in [1.807, 2.05) is 77.7 Å². The molecule has 4 aromatic rings. The van der Waals surface area contributed by atoms with E-state index in [1.165, 1.54) is 21.3 Å². The van der Waals surface area contributed by atoms with Gasteiger partial charge in [-0.3, -0.25) is 14.4 Å². The summed E-state index contributed by atoms with van der Waals surface area (Å²) < 4.78 is 29.6. The first kappa shape index (κ1) is 44.8. The molecule has 0 aliphatic heterocycles. The fourth-order valence-corrected chi connectivity index (χ4v) is 6.76. The number of ether oxygens (including phenoxy) is 6. The molecule has 0 saturated heterocycles. The van der Waals surface area contributed by atoms with Crippen LogP contribution in [-0.4, -0.2) is 77.0 Å². The molecule has 13 heteroatoms. The molecule has 0 fully saturated rings. The third-order valence-electron chi connectivity index (χ3n) is 10.1. The molecule has 0 bridgehead atoms. The van der Waals surface area contributed by atoms with Gasteiger partial charge in [0.05, 0.1) is 57.3 Å². The smallest absolute Gasteiger partial charge is 0.336 e. The van der Waals surface area contributed by atoms with E-state index >= 15 is 0 Å². The van der Waals surface area contributed by atoms with Gasteiger partial charge in [0.25, 0.3) is 0 Å². The van der Waals surface area contributed by atoms with Crippen LogP contribution in [0, 0.1) is 0 Å². The molecule has 316 valence electrons. The van der Waals surface area contributed by atoms with Crippen LogP contribution in [0.2, 0.25) is 0 Å². The number of hydrogen-bond acceptors (Lipinski definition) is 13. The van der Waals surface area contributed by atoms with Crippen LogP contribution in [0.15, 0.2) is 121 Å². The number of anilines is 3. The van der Waals surface area contributed by atoms with Crippen LogP contribution in [-0.2, 0) is 81.9 Å². The largest absolute Gasteiger partial charge is 0.466 e. The second-order valence-corrected chi connectivity index (χ2v) is 14.7. The van der Waals surface area contributed by atoms with E-state index in [0.29, 0.717) is 11.1 Å². The molecule has 0 saturated carbocycles. The number of fused-ring (bicyclic) bond motifs is 3. The number of rotatable bonds is 18. The SMILES string of the molecule is C=C(COC(=O)Cc1ccc(N(c2ccc(CC(=O)OCC(=C)C(=O)OC)cc2)c2ccc3c(c2)C(C)(C)c2cc(CC(=O)OCC(=C)C(=O)OC)ccc2-3)cc1)C(=O)OC. The van der Waals surface area contributed by atoms with Gasteiger partial charge in [-0.05, 0) is 75.3 Å². The lowest BCUT2D eigenvalue weighted by Crippen LogP contribution is -2.18. The van der Waals surface area contributed by atoms with Gasteiger partial charge in [0.2, 0.25) is 0 Å². The fraction of sp³-hybridized carbons (Fsp3) is 0.250. The normalized spacial score (nSPS) is 11.8. The Balaban J connectivity index is 1.41. The third-order valence-corrected chi connectivity index (χ3v) is 10.1. The van der Waals surface area contributed by atoms with Crippen molar-refractivity contribution in [2.24, 2.45) is 0 Å². The number of carbonyl (C=O) groups is 6. The van der Waals surface area contributed by atoms with Crippen LogP contribution in [0.1, 0.15) is 41.7 Å². The number of nitrogens with zero attached hydrogens (tertiary/aromatic N) is 1. The van der Waals surface area contributed by atoms with Crippen molar-refractivity contribution in [2.75, 3.05) is 46.0 Å². The molecule has 0 spiro atoms. The van der Waals surface area contributed by atoms with Crippen LogP contribution < -0.4 is 4.90 Å². The van der Waals surface area contributed by atoms with E-state index in [2.05, 4.69) is 59.9 Å². The van der Waals surface area contributed by atoms with Gasteiger partial charge in [-0.25, -0.2) is 14.4 Å². The Morgan fingerprint density at radius 1 is 0.475 bits per heavy atom. The molecular formula is C48H47NO12. The summed E-state index contributed by atoms with van der Waals surface area (Å²) in [6, 6.07) is 26.9. The van der Waals surface area contributed by atoms with Gasteiger partial charge in [0.15, 0.2) is 0 Å².